The number of halogens is 1. The summed E-state index contributed by atoms with van der Waals surface area (Å²) >= 11 is 3.34. The summed E-state index contributed by atoms with van der Waals surface area (Å²) in [6.45, 7) is 1.36. The lowest BCUT2D eigenvalue weighted by molar-refractivity contribution is 0.0954. The Morgan fingerprint density at radius 1 is 1.44 bits per heavy atom. The van der Waals surface area contributed by atoms with Crippen LogP contribution in [0.15, 0.2) is 22.7 Å². The maximum absolute atomic E-state index is 11.7. The first kappa shape index (κ1) is 13.0. The summed E-state index contributed by atoms with van der Waals surface area (Å²) in [5.41, 5.74) is 0.615. The van der Waals surface area contributed by atoms with Gasteiger partial charge in [0.1, 0.15) is 5.75 Å². The lowest BCUT2D eigenvalue weighted by Crippen LogP contribution is -2.30. The zero-order chi connectivity index (χ0) is 12.0. The van der Waals surface area contributed by atoms with E-state index in [2.05, 4.69) is 26.6 Å². The minimum absolute atomic E-state index is 0.0846. The smallest absolute Gasteiger partial charge is 0.251 e. The molecule has 1 rings (SSSR count). The fraction of sp³-hybridized carbons (Fsp3) is 0.364. The van der Waals surface area contributed by atoms with E-state index in [-0.39, 0.29) is 5.91 Å². The first-order chi connectivity index (χ1) is 7.69. The summed E-state index contributed by atoms with van der Waals surface area (Å²) in [6.07, 6.45) is 0. The molecule has 0 saturated carbocycles. The van der Waals surface area contributed by atoms with Crippen LogP contribution >= 0.6 is 15.9 Å². The molecule has 0 aliphatic rings. The number of rotatable bonds is 5. The van der Waals surface area contributed by atoms with Gasteiger partial charge in [-0.2, -0.15) is 0 Å². The third-order valence-electron chi connectivity index (χ3n) is 2.07. The average molecular weight is 287 g/mol. The van der Waals surface area contributed by atoms with Gasteiger partial charge < -0.3 is 15.4 Å². The lowest BCUT2D eigenvalue weighted by Gasteiger charge is -2.07. The number of hydrogen-bond acceptors (Lipinski definition) is 3. The van der Waals surface area contributed by atoms with Gasteiger partial charge in [0, 0.05) is 18.7 Å². The van der Waals surface area contributed by atoms with Crippen molar-refractivity contribution in [3.05, 3.63) is 28.2 Å². The molecule has 1 aromatic rings. The largest absolute Gasteiger partial charge is 0.496 e. The quantitative estimate of drug-likeness (QED) is 0.805. The van der Waals surface area contributed by atoms with Gasteiger partial charge in [-0.1, -0.05) is 0 Å². The fourth-order valence-corrected chi connectivity index (χ4v) is 1.75. The van der Waals surface area contributed by atoms with E-state index in [9.17, 15) is 4.79 Å². The van der Waals surface area contributed by atoms with Crippen LogP contribution in [0.3, 0.4) is 0 Å². The van der Waals surface area contributed by atoms with Crippen molar-refractivity contribution in [3.63, 3.8) is 0 Å². The monoisotopic (exact) mass is 286 g/mol. The SMILES string of the molecule is CNCCNC(=O)c1ccc(OC)c(Br)c1. The van der Waals surface area contributed by atoms with Crippen LogP contribution < -0.4 is 15.4 Å². The molecule has 0 heterocycles. The zero-order valence-electron chi connectivity index (χ0n) is 9.34. The molecule has 4 nitrogen and oxygen atoms in total. The number of benzene rings is 1. The Morgan fingerprint density at radius 3 is 2.75 bits per heavy atom. The molecule has 0 aliphatic carbocycles. The topological polar surface area (TPSA) is 50.4 Å². The minimum Gasteiger partial charge on any atom is -0.496 e. The number of hydrogen-bond donors (Lipinski definition) is 2. The number of methoxy groups -OCH3 is 1. The van der Waals surface area contributed by atoms with Gasteiger partial charge in [-0.15, -0.1) is 0 Å². The van der Waals surface area contributed by atoms with E-state index in [4.69, 9.17) is 4.74 Å². The molecule has 0 fully saturated rings. The summed E-state index contributed by atoms with van der Waals surface area (Å²) in [5, 5.41) is 5.76. The van der Waals surface area contributed by atoms with Crippen LogP contribution in [0.2, 0.25) is 0 Å². The first-order valence-electron chi connectivity index (χ1n) is 4.95. The summed E-state index contributed by atoms with van der Waals surface area (Å²) in [4.78, 5) is 11.7. The molecule has 0 bridgehead atoms. The first-order valence-corrected chi connectivity index (χ1v) is 5.74. The van der Waals surface area contributed by atoms with Crippen LogP contribution in [0.1, 0.15) is 10.4 Å². The third-order valence-corrected chi connectivity index (χ3v) is 2.69. The van der Waals surface area contributed by atoms with Crippen LogP contribution in [0.25, 0.3) is 0 Å². The van der Waals surface area contributed by atoms with Crippen LogP contribution in [-0.2, 0) is 0 Å². The van der Waals surface area contributed by atoms with Gasteiger partial charge in [0.2, 0.25) is 0 Å². The molecule has 0 aliphatic heterocycles. The molecule has 1 amide bonds. The van der Waals surface area contributed by atoms with Gasteiger partial charge in [0.25, 0.3) is 5.91 Å². The van der Waals surface area contributed by atoms with Gasteiger partial charge in [0.05, 0.1) is 11.6 Å². The second kappa shape index (κ2) is 6.50. The molecule has 0 aromatic heterocycles. The molecular weight excluding hydrogens is 272 g/mol. The highest BCUT2D eigenvalue weighted by Crippen LogP contribution is 2.25. The van der Waals surface area contributed by atoms with Crippen molar-refractivity contribution in [1.29, 1.82) is 0 Å². The number of likely N-dealkylation sites (N-methyl/N-ethyl adjacent to an activating group) is 1. The minimum atomic E-state index is -0.0846. The molecule has 5 heteroatoms. The third kappa shape index (κ3) is 3.50. The summed E-state index contributed by atoms with van der Waals surface area (Å²) in [7, 11) is 3.43. The normalized spacial score (nSPS) is 9.94. The number of ether oxygens (including phenoxy) is 1. The maximum atomic E-state index is 11.7. The molecule has 0 radical (unpaired) electrons. The van der Waals surface area contributed by atoms with E-state index in [1.807, 2.05) is 7.05 Å². The van der Waals surface area contributed by atoms with Gasteiger partial charge >= 0.3 is 0 Å². The Labute approximate surface area is 103 Å². The number of carbonyl (C=O) groups excluding carboxylic acids is 1. The van der Waals surface area contributed by atoms with Gasteiger partial charge in [0.15, 0.2) is 0 Å². The van der Waals surface area contributed by atoms with E-state index in [1.54, 1.807) is 25.3 Å². The van der Waals surface area contributed by atoms with Crippen molar-refractivity contribution in [2.24, 2.45) is 0 Å². The van der Waals surface area contributed by atoms with E-state index in [1.165, 1.54) is 0 Å². The highest BCUT2D eigenvalue weighted by atomic mass is 79.9. The Hall–Kier alpha value is -1.07. The number of amides is 1. The zero-order valence-corrected chi connectivity index (χ0v) is 10.9. The fourth-order valence-electron chi connectivity index (χ4n) is 1.21. The van der Waals surface area contributed by atoms with Crippen LogP contribution in [0.4, 0.5) is 0 Å². The standard InChI is InChI=1S/C11H15BrN2O2/c1-13-5-6-14-11(15)8-3-4-10(16-2)9(12)7-8/h3-4,7,13H,5-6H2,1-2H3,(H,14,15). The van der Waals surface area contributed by atoms with Crippen LogP contribution in [-0.4, -0.2) is 33.2 Å². The van der Waals surface area contributed by atoms with Crippen molar-refractivity contribution in [1.82, 2.24) is 10.6 Å². The van der Waals surface area contributed by atoms with Gasteiger partial charge in [-0.3, -0.25) is 4.79 Å². The van der Waals surface area contributed by atoms with Gasteiger partial charge in [-0.25, -0.2) is 0 Å². The molecule has 0 saturated heterocycles. The Kier molecular flexibility index (Phi) is 5.28. The van der Waals surface area contributed by atoms with Crippen molar-refractivity contribution >= 4 is 21.8 Å². The summed E-state index contributed by atoms with van der Waals surface area (Å²) in [6, 6.07) is 5.24. The van der Waals surface area contributed by atoms with Crippen molar-refractivity contribution in [2.75, 3.05) is 27.2 Å². The summed E-state index contributed by atoms with van der Waals surface area (Å²) in [5.74, 6) is 0.630. The predicted octanol–water partition coefficient (Wildman–Crippen LogP) is 1.41. The molecule has 1 aromatic carbocycles. The maximum Gasteiger partial charge on any atom is 0.251 e. The molecule has 0 spiro atoms. The number of nitrogens with one attached hydrogen (secondary N) is 2. The molecular formula is C11H15BrN2O2. The second-order valence-corrected chi connectivity index (χ2v) is 4.06. The average Bonchev–Trinajstić information content (AvgIpc) is 2.29. The van der Waals surface area contributed by atoms with Crippen molar-refractivity contribution < 1.29 is 9.53 Å². The predicted molar refractivity (Wildman–Crippen MR) is 67.0 cm³/mol. The van der Waals surface area contributed by atoms with Crippen molar-refractivity contribution in [3.8, 4) is 5.75 Å². The summed E-state index contributed by atoms with van der Waals surface area (Å²) < 4.78 is 5.86. The highest BCUT2D eigenvalue weighted by molar-refractivity contribution is 9.10. The van der Waals surface area contributed by atoms with E-state index in [0.29, 0.717) is 17.9 Å². The van der Waals surface area contributed by atoms with E-state index < -0.39 is 0 Å². The highest BCUT2D eigenvalue weighted by Gasteiger charge is 2.07. The van der Waals surface area contributed by atoms with E-state index in [0.717, 1.165) is 11.0 Å². The molecule has 0 unspecified atom stereocenters. The van der Waals surface area contributed by atoms with E-state index >= 15 is 0 Å². The Balaban J connectivity index is 2.66. The molecule has 0 atom stereocenters. The molecule has 88 valence electrons. The molecule has 2 N–H and O–H groups in total. The Morgan fingerprint density at radius 2 is 2.19 bits per heavy atom. The van der Waals surface area contributed by atoms with Gasteiger partial charge in [-0.05, 0) is 41.2 Å². The second-order valence-electron chi connectivity index (χ2n) is 3.21. The van der Waals surface area contributed by atoms with Crippen LogP contribution in [0, 0.1) is 0 Å². The lowest BCUT2D eigenvalue weighted by atomic mass is 10.2. The number of carbonyl (C=O) groups is 1. The molecule has 16 heavy (non-hydrogen) atoms. The van der Waals surface area contributed by atoms with Crippen molar-refractivity contribution in [2.45, 2.75) is 0 Å². The Bertz CT molecular complexity index is 369. The van der Waals surface area contributed by atoms with Crippen LogP contribution in [0.5, 0.6) is 5.75 Å².